The van der Waals surface area contributed by atoms with Gasteiger partial charge in [0.25, 0.3) is 0 Å². The summed E-state index contributed by atoms with van der Waals surface area (Å²) in [6, 6.07) is 13.9. The first-order valence-electron chi connectivity index (χ1n) is 9.20. The third kappa shape index (κ3) is 4.42. The molecule has 1 N–H and O–H groups in total. The third-order valence-corrected chi connectivity index (χ3v) is 4.91. The van der Waals surface area contributed by atoms with E-state index in [0.717, 1.165) is 22.5 Å². The van der Waals surface area contributed by atoms with Gasteiger partial charge in [-0.2, -0.15) is 5.10 Å². The Balaban J connectivity index is 1.59. The first kappa shape index (κ1) is 19.1. The molecule has 3 aromatic rings. The molecule has 1 aliphatic rings. The summed E-state index contributed by atoms with van der Waals surface area (Å²) in [4.78, 5) is 0. The average Bonchev–Trinajstić information content (AvgIpc) is 3.13. The van der Waals surface area contributed by atoms with Gasteiger partial charge in [0, 0.05) is 30.4 Å². The first-order chi connectivity index (χ1) is 13.7. The van der Waals surface area contributed by atoms with Crippen molar-refractivity contribution in [2.24, 2.45) is 0 Å². The number of benzene rings is 2. The van der Waals surface area contributed by atoms with Crippen LogP contribution in [0.15, 0.2) is 54.7 Å². The van der Waals surface area contributed by atoms with Crippen LogP contribution in [0.3, 0.4) is 0 Å². The molecule has 0 aliphatic carbocycles. The molecule has 4 rings (SSSR count). The Kier molecular flexibility index (Phi) is 6.02. The van der Waals surface area contributed by atoms with Crippen molar-refractivity contribution in [3.63, 3.8) is 0 Å². The fourth-order valence-corrected chi connectivity index (χ4v) is 3.39. The first-order valence-corrected chi connectivity index (χ1v) is 9.58. The number of nitrogens with one attached hydrogen (secondary N) is 1. The van der Waals surface area contributed by atoms with Crippen LogP contribution in [0.5, 0.6) is 0 Å². The van der Waals surface area contributed by atoms with Gasteiger partial charge in [-0.15, -0.1) is 0 Å². The van der Waals surface area contributed by atoms with Gasteiger partial charge in [0.05, 0.1) is 42.3 Å². The highest BCUT2D eigenvalue weighted by Gasteiger charge is 2.17. The van der Waals surface area contributed by atoms with Crippen molar-refractivity contribution in [3.8, 4) is 16.9 Å². The number of ether oxygens (including phenoxy) is 2. The van der Waals surface area contributed by atoms with Crippen molar-refractivity contribution in [3.05, 3.63) is 71.1 Å². The Morgan fingerprint density at radius 3 is 2.71 bits per heavy atom. The van der Waals surface area contributed by atoms with E-state index in [9.17, 15) is 4.39 Å². The summed E-state index contributed by atoms with van der Waals surface area (Å²) in [5.41, 5.74) is 3.43. The van der Waals surface area contributed by atoms with Gasteiger partial charge in [0.15, 0.2) is 0 Å². The van der Waals surface area contributed by atoms with Gasteiger partial charge in [0.1, 0.15) is 5.82 Å². The molecule has 0 radical (unpaired) electrons. The smallest absolute Gasteiger partial charge is 0.123 e. The fraction of sp³-hybridized carbons (Fsp3) is 0.286. The summed E-state index contributed by atoms with van der Waals surface area (Å²) in [6.07, 6.45) is 1.99. The van der Waals surface area contributed by atoms with Crippen molar-refractivity contribution < 1.29 is 13.9 Å². The third-order valence-electron chi connectivity index (χ3n) is 4.58. The van der Waals surface area contributed by atoms with E-state index in [1.807, 2.05) is 30.5 Å². The minimum Gasteiger partial charge on any atom is -0.376 e. The molecule has 1 aliphatic heterocycles. The van der Waals surface area contributed by atoms with Gasteiger partial charge in [-0.25, -0.2) is 9.07 Å². The predicted octanol–water partition coefficient (Wildman–Crippen LogP) is 3.84. The van der Waals surface area contributed by atoms with Crippen LogP contribution in [-0.2, 0) is 16.0 Å². The Hall–Kier alpha value is -2.25. The van der Waals surface area contributed by atoms with E-state index in [1.54, 1.807) is 16.8 Å². The predicted molar refractivity (Wildman–Crippen MR) is 106 cm³/mol. The van der Waals surface area contributed by atoms with Crippen LogP contribution < -0.4 is 5.32 Å². The fourth-order valence-electron chi connectivity index (χ4n) is 3.17. The lowest BCUT2D eigenvalue weighted by molar-refractivity contribution is -0.0864. The van der Waals surface area contributed by atoms with Crippen molar-refractivity contribution >= 4 is 11.6 Å². The molecule has 7 heteroatoms. The number of hydrogen-bond acceptors (Lipinski definition) is 4. The van der Waals surface area contributed by atoms with E-state index in [-0.39, 0.29) is 11.9 Å². The lowest BCUT2D eigenvalue weighted by Gasteiger charge is -2.23. The van der Waals surface area contributed by atoms with Gasteiger partial charge in [-0.1, -0.05) is 29.8 Å². The quantitative estimate of drug-likeness (QED) is 0.681. The second-order valence-electron chi connectivity index (χ2n) is 6.60. The maximum absolute atomic E-state index is 13.3. The van der Waals surface area contributed by atoms with Crippen LogP contribution in [0.25, 0.3) is 16.9 Å². The van der Waals surface area contributed by atoms with Gasteiger partial charge in [-0.3, -0.25) is 0 Å². The Labute approximate surface area is 168 Å². The molecule has 1 unspecified atom stereocenters. The molecule has 1 saturated heterocycles. The van der Waals surface area contributed by atoms with Crippen LogP contribution in [0.2, 0.25) is 5.02 Å². The normalized spacial score (nSPS) is 17.0. The molecule has 1 fully saturated rings. The van der Waals surface area contributed by atoms with E-state index < -0.39 is 0 Å². The zero-order valence-electron chi connectivity index (χ0n) is 15.3. The van der Waals surface area contributed by atoms with Crippen LogP contribution in [0.1, 0.15) is 5.56 Å². The second kappa shape index (κ2) is 8.84. The standard InChI is InChI=1S/C21H21ClFN3O2/c22-20-4-2-1-3-19(20)21-15(11-24-12-18-14-27-9-10-28-18)13-26(25-21)17-7-5-16(23)6-8-17/h1-8,13,18,24H,9-12,14H2. The number of nitrogens with zero attached hydrogens (tertiary/aromatic N) is 2. The Morgan fingerprint density at radius 2 is 1.96 bits per heavy atom. The van der Waals surface area contributed by atoms with E-state index in [2.05, 4.69) is 5.32 Å². The van der Waals surface area contributed by atoms with E-state index in [1.165, 1.54) is 12.1 Å². The maximum Gasteiger partial charge on any atom is 0.123 e. The van der Waals surface area contributed by atoms with Gasteiger partial charge in [-0.05, 0) is 30.3 Å². The van der Waals surface area contributed by atoms with Gasteiger partial charge in [0.2, 0.25) is 0 Å². The zero-order chi connectivity index (χ0) is 19.3. The number of aromatic nitrogens is 2. The molecule has 2 heterocycles. The summed E-state index contributed by atoms with van der Waals surface area (Å²) in [5, 5.41) is 8.77. The lowest BCUT2D eigenvalue weighted by Crippen LogP contribution is -2.37. The molecule has 146 valence electrons. The van der Waals surface area contributed by atoms with Crippen LogP contribution in [-0.4, -0.2) is 42.2 Å². The molecule has 5 nitrogen and oxygen atoms in total. The van der Waals surface area contributed by atoms with Crippen LogP contribution >= 0.6 is 11.6 Å². The summed E-state index contributed by atoms with van der Waals surface area (Å²) in [6.45, 7) is 3.15. The largest absolute Gasteiger partial charge is 0.376 e. The molecule has 0 saturated carbocycles. The molecule has 0 bridgehead atoms. The van der Waals surface area contributed by atoms with Crippen molar-refractivity contribution in [1.82, 2.24) is 15.1 Å². The molecule has 28 heavy (non-hydrogen) atoms. The van der Waals surface area contributed by atoms with E-state index >= 15 is 0 Å². The van der Waals surface area contributed by atoms with E-state index in [0.29, 0.717) is 37.9 Å². The van der Waals surface area contributed by atoms with Crippen molar-refractivity contribution in [1.29, 1.82) is 0 Å². The lowest BCUT2D eigenvalue weighted by atomic mass is 10.1. The molecular weight excluding hydrogens is 381 g/mol. The Bertz CT molecular complexity index is 924. The second-order valence-corrected chi connectivity index (χ2v) is 7.01. The van der Waals surface area contributed by atoms with Gasteiger partial charge < -0.3 is 14.8 Å². The summed E-state index contributed by atoms with van der Waals surface area (Å²) in [5.74, 6) is -0.279. The van der Waals surface area contributed by atoms with Crippen molar-refractivity contribution in [2.75, 3.05) is 26.4 Å². The highest BCUT2D eigenvalue weighted by atomic mass is 35.5. The highest BCUT2D eigenvalue weighted by molar-refractivity contribution is 6.33. The minimum atomic E-state index is -0.279. The molecular formula is C21H21ClFN3O2. The zero-order valence-corrected chi connectivity index (χ0v) is 16.0. The van der Waals surface area contributed by atoms with E-state index in [4.69, 9.17) is 26.2 Å². The monoisotopic (exact) mass is 401 g/mol. The van der Waals surface area contributed by atoms with Crippen LogP contribution in [0, 0.1) is 5.82 Å². The molecule has 1 atom stereocenters. The van der Waals surface area contributed by atoms with Crippen molar-refractivity contribution in [2.45, 2.75) is 12.6 Å². The molecule has 1 aromatic heterocycles. The van der Waals surface area contributed by atoms with Crippen LogP contribution in [0.4, 0.5) is 4.39 Å². The number of halogens is 2. The maximum atomic E-state index is 13.3. The minimum absolute atomic E-state index is 0.0460. The number of hydrogen-bond donors (Lipinski definition) is 1. The number of rotatable bonds is 6. The summed E-state index contributed by atoms with van der Waals surface area (Å²) >= 11 is 6.41. The highest BCUT2D eigenvalue weighted by Crippen LogP contribution is 2.30. The molecule has 2 aromatic carbocycles. The van der Waals surface area contributed by atoms with Gasteiger partial charge >= 0.3 is 0 Å². The SMILES string of the molecule is Fc1ccc(-n2cc(CNCC3COCCO3)c(-c3ccccc3Cl)n2)cc1. The average molecular weight is 402 g/mol. The molecule has 0 spiro atoms. The molecule has 0 amide bonds. The Morgan fingerprint density at radius 1 is 1.14 bits per heavy atom. The summed E-state index contributed by atoms with van der Waals surface area (Å²) < 4.78 is 26.1. The topological polar surface area (TPSA) is 48.3 Å². The summed E-state index contributed by atoms with van der Waals surface area (Å²) in [7, 11) is 0.